The molecule has 3 saturated heterocycles. The molecule has 44 heavy (non-hydrogen) atoms. The second-order valence-corrected chi connectivity index (χ2v) is 12.2. The first kappa shape index (κ1) is 27.3. The van der Waals surface area contributed by atoms with E-state index < -0.39 is 11.6 Å². The van der Waals surface area contributed by atoms with E-state index >= 15 is 4.39 Å². The van der Waals surface area contributed by atoms with E-state index in [0.717, 1.165) is 51.9 Å². The van der Waals surface area contributed by atoms with Crippen molar-refractivity contribution < 1.29 is 23.4 Å². The van der Waals surface area contributed by atoms with Gasteiger partial charge in [-0.3, -0.25) is 4.90 Å². The van der Waals surface area contributed by atoms with Crippen LogP contribution in [0.25, 0.3) is 32.9 Å². The summed E-state index contributed by atoms with van der Waals surface area (Å²) in [4.78, 5) is 18.8. The van der Waals surface area contributed by atoms with Crippen LogP contribution in [0.2, 0.25) is 0 Å². The molecule has 4 aliphatic rings. The molecule has 3 fully saturated rings. The number of aromatic hydroxyl groups is 1. The predicted octanol–water partition coefficient (Wildman–Crippen LogP) is 4.38. The van der Waals surface area contributed by atoms with Crippen molar-refractivity contribution in [3.05, 3.63) is 41.5 Å². The lowest BCUT2D eigenvalue weighted by Crippen LogP contribution is -2.52. The third-order valence-electron chi connectivity index (χ3n) is 9.76. The lowest BCUT2D eigenvalue weighted by atomic mass is 9.95. The van der Waals surface area contributed by atoms with Gasteiger partial charge in [-0.15, -0.1) is 6.42 Å². The van der Waals surface area contributed by atoms with Gasteiger partial charge >= 0.3 is 6.01 Å². The number of phenolic OH excluding ortho intramolecular Hbond substituents is 1. The van der Waals surface area contributed by atoms with Crippen molar-refractivity contribution >= 4 is 27.5 Å². The van der Waals surface area contributed by atoms with Gasteiger partial charge in [-0.25, -0.2) is 13.8 Å². The van der Waals surface area contributed by atoms with E-state index in [1.807, 2.05) is 0 Å². The van der Waals surface area contributed by atoms with Gasteiger partial charge < -0.3 is 24.8 Å². The van der Waals surface area contributed by atoms with Crippen LogP contribution >= 0.6 is 0 Å². The molecule has 6 heterocycles. The number of fused-ring (bicyclic) bond motifs is 4. The van der Waals surface area contributed by atoms with Crippen molar-refractivity contribution in [3.8, 4) is 41.2 Å². The Morgan fingerprint density at radius 2 is 1.95 bits per heavy atom. The van der Waals surface area contributed by atoms with Gasteiger partial charge in [0.25, 0.3) is 0 Å². The topological polar surface area (TPSA) is 95.9 Å². The summed E-state index contributed by atoms with van der Waals surface area (Å²) in [6.45, 7) is 5.03. The van der Waals surface area contributed by atoms with Gasteiger partial charge in [0.05, 0.1) is 17.7 Å². The number of pyridine rings is 1. The molecule has 0 bridgehead atoms. The van der Waals surface area contributed by atoms with E-state index in [1.54, 1.807) is 0 Å². The molecule has 0 amide bonds. The van der Waals surface area contributed by atoms with E-state index in [4.69, 9.17) is 20.9 Å². The molecule has 2 N–H and O–H groups in total. The summed E-state index contributed by atoms with van der Waals surface area (Å²) in [7, 11) is 0. The standard InChI is InChI=1S/C33H32F2N6O3/c1-2-22-24(34)6-5-19-15-21(42)16-23(25(19)22)28-27(35)29-26-30(41-13-10-36-17-20(41)7-14-43-31(26)37-28)39-32(38-29)44-18-33-8-3-11-40(33)12-4-9-33/h1,5-6,15-16,20,36,42H,3-4,7-14,17-18H2/t20-/m0/s1. The SMILES string of the molecule is C#Cc1c(F)ccc2cc(O)cc(-c3nc4c5c(nc(OCC67CCCN6CCC7)nc5c3F)N3CCNC[C@@H]3CCO4)c12. The first-order chi connectivity index (χ1) is 21.5. The normalized spacial score (nSPS) is 20.9. The summed E-state index contributed by atoms with van der Waals surface area (Å²) >= 11 is 0. The fraction of sp³-hybridized carbons (Fsp3) is 0.424. The Bertz CT molecular complexity index is 1850. The van der Waals surface area contributed by atoms with Gasteiger partial charge in [0.1, 0.15) is 40.6 Å². The third-order valence-corrected chi connectivity index (χ3v) is 9.76. The number of piperazine rings is 1. The minimum Gasteiger partial charge on any atom is -0.508 e. The number of ether oxygens (including phenoxy) is 2. The average molecular weight is 599 g/mol. The molecule has 2 aromatic carbocycles. The highest BCUT2D eigenvalue weighted by Gasteiger charge is 2.45. The van der Waals surface area contributed by atoms with E-state index in [-0.39, 0.29) is 56.9 Å². The Morgan fingerprint density at radius 1 is 1.11 bits per heavy atom. The van der Waals surface area contributed by atoms with Crippen LogP contribution in [0.4, 0.5) is 14.6 Å². The number of anilines is 1. The van der Waals surface area contributed by atoms with Crippen LogP contribution < -0.4 is 19.7 Å². The third kappa shape index (κ3) is 4.23. The number of hydrogen-bond donors (Lipinski definition) is 2. The van der Waals surface area contributed by atoms with Crippen molar-refractivity contribution in [2.75, 3.05) is 50.8 Å². The second kappa shape index (κ2) is 10.4. The first-order valence-corrected chi connectivity index (χ1v) is 15.3. The van der Waals surface area contributed by atoms with Crippen LogP contribution in [-0.4, -0.2) is 82.5 Å². The van der Waals surface area contributed by atoms with Crippen molar-refractivity contribution in [1.82, 2.24) is 25.2 Å². The number of nitrogens with zero attached hydrogens (tertiary/aromatic N) is 5. The first-order valence-electron chi connectivity index (χ1n) is 15.3. The molecule has 0 unspecified atom stereocenters. The molecule has 8 rings (SSSR count). The Balaban J connectivity index is 1.35. The molecule has 4 aromatic rings. The molecule has 1 atom stereocenters. The molecular weight excluding hydrogens is 566 g/mol. The Kier molecular flexibility index (Phi) is 6.46. The second-order valence-electron chi connectivity index (χ2n) is 12.2. The number of nitrogens with one attached hydrogen (secondary N) is 1. The number of hydrogen-bond acceptors (Lipinski definition) is 9. The Labute approximate surface area is 253 Å². The van der Waals surface area contributed by atoms with Crippen molar-refractivity contribution in [2.24, 2.45) is 0 Å². The van der Waals surface area contributed by atoms with E-state index in [9.17, 15) is 9.50 Å². The zero-order chi connectivity index (χ0) is 30.0. The Hall–Kier alpha value is -4.27. The molecular formula is C33H32F2N6O3. The van der Waals surface area contributed by atoms with Crippen molar-refractivity contribution in [3.63, 3.8) is 0 Å². The van der Waals surface area contributed by atoms with Gasteiger partial charge in [0.2, 0.25) is 5.88 Å². The molecule has 0 saturated carbocycles. The van der Waals surface area contributed by atoms with Gasteiger partial charge in [0, 0.05) is 43.0 Å². The molecule has 0 aliphatic carbocycles. The highest BCUT2D eigenvalue weighted by molar-refractivity contribution is 6.04. The highest BCUT2D eigenvalue weighted by Crippen LogP contribution is 2.44. The number of halogens is 2. The summed E-state index contributed by atoms with van der Waals surface area (Å²) in [6, 6.07) is 5.70. The fourth-order valence-corrected chi connectivity index (χ4v) is 7.66. The van der Waals surface area contributed by atoms with Gasteiger partial charge in [-0.2, -0.15) is 9.97 Å². The largest absolute Gasteiger partial charge is 0.508 e. The molecule has 9 nitrogen and oxygen atoms in total. The van der Waals surface area contributed by atoms with Crippen LogP contribution in [0, 0.1) is 24.0 Å². The molecule has 2 aromatic heterocycles. The van der Waals surface area contributed by atoms with E-state index in [1.165, 1.54) is 24.3 Å². The smallest absolute Gasteiger partial charge is 0.319 e. The number of benzene rings is 2. The number of terminal acetylenes is 1. The maximum atomic E-state index is 16.9. The van der Waals surface area contributed by atoms with Gasteiger partial charge in [0.15, 0.2) is 5.82 Å². The Morgan fingerprint density at radius 3 is 2.77 bits per heavy atom. The van der Waals surface area contributed by atoms with E-state index in [0.29, 0.717) is 42.8 Å². The molecule has 226 valence electrons. The van der Waals surface area contributed by atoms with Gasteiger partial charge in [-0.1, -0.05) is 12.0 Å². The monoisotopic (exact) mass is 598 g/mol. The predicted molar refractivity (Wildman–Crippen MR) is 162 cm³/mol. The lowest BCUT2D eigenvalue weighted by Gasteiger charge is -2.39. The molecule has 4 aliphatic heterocycles. The maximum Gasteiger partial charge on any atom is 0.319 e. The van der Waals surface area contributed by atoms with Gasteiger partial charge in [-0.05, 0) is 62.4 Å². The number of rotatable bonds is 4. The van der Waals surface area contributed by atoms with Crippen molar-refractivity contribution in [2.45, 2.75) is 43.7 Å². The van der Waals surface area contributed by atoms with Crippen LogP contribution in [0.5, 0.6) is 17.6 Å². The van der Waals surface area contributed by atoms with Crippen LogP contribution in [0.1, 0.15) is 37.7 Å². The van der Waals surface area contributed by atoms with Crippen molar-refractivity contribution in [1.29, 1.82) is 0 Å². The van der Waals surface area contributed by atoms with Crippen LogP contribution in [-0.2, 0) is 0 Å². The maximum absolute atomic E-state index is 16.9. The number of phenols is 1. The highest BCUT2D eigenvalue weighted by atomic mass is 19.1. The lowest BCUT2D eigenvalue weighted by molar-refractivity contribution is 0.107. The minimum absolute atomic E-state index is 0.00784. The summed E-state index contributed by atoms with van der Waals surface area (Å²) in [5, 5.41) is 15.1. The summed E-state index contributed by atoms with van der Waals surface area (Å²) in [6.07, 6.45) is 10.8. The van der Waals surface area contributed by atoms with Crippen LogP contribution in [0.15, 0.2) is 24.3 Å². The zero-order valence-electron chi connectivity index (χ0n) is 24.2. The fourth-order valence-electron chi connectivity index (χ4n) is 7.66. The molecule has 0 spiro atoms. The quantitative estimate of drug-likeness (QED) is 0.332. The average Bonchev–Trinajstić information content (AvgIpc) is 3.61. The zero-order valence-corrected chi connectivity index (χ0v) is 24.2. The number of aromatic nitrogens is 3. The summed E-state index contributed by atoms with van der Waals surface area (Å²) in [5.41, 5.74) is -0.113. The summed E-state index contributed by atoms with van der Waals surface area (Å²) < 4.78 is 44.4. The molecule has 11 heteroatoms. The minimum atomic E-state index is -0.756. The van der Waals surface area contributed by atoms with E-state index in [2.05, 4.69) is 31.0 Å². The summed E-state index contributed by atoms with van der Waals surface area (Å²) in [5.74, 6) is 1.56. The molecule has 0 radical (unpaired) electrons. The van der Waals surface area contributed by atoms with Crippen LogP contribution in [0.3, 0.4) is 0 Å².